The SMILES string of the molecule is O=S(=O)(Nc1ccccc1O)c1cc(OCC(F)(F)F)ccc1OCC(F)(F)F. The summed E-state index contributed by atoms with van der Waals surface area (Å²) in [7, 11) is -4.67. The molecule has 0 amide bonds. The summed E-state index contributed by atoms with van der Waals surface area (Å²) in [4.78, 5) is -0.912. The van der Waals surface area contributed by atoms with Gasteiger partial charge < -0.3 is 14.6 Å². The molecule has 2 rings (SSSR count). The third-order valence-electron chi connectivity index (χ3n) is 3.15. The Morgan fingerprint density at radius 1 is 0.897 bits per heavy atom. The number of para-hydroxylation sites is 2. The normalized spacial score (nSPS) is 12.5. The fraction of sp³-hybridized carbons (Fsp3) is 0.250. The van der Waals surface area contributed by atoms with Crippen molar-refractivity contribution in [3.63, 3.8) is 0 Å². The summed E-state index contributed by atoms with van der Waals surface area (Å²) < 4.78 is 110. The number of aromatic hydroxyl groups is 1. The number of benzene rings is 2. The molecule has 0 atom stereocenters. The highest BCUT2D eigenvalue weighted by Crippen LogP contribution is 2.33. The standard InChI is InChI=1S/C16H13F6NO5S/c17-15(18,19)8-27-10-5-6-13(28-9-16(20,21)22)14(7-10)29(25,26)23-11-3-1-2-4-12(11)24/h1-7,23-24H,8-9H2. The van der Waals surface area contributed by atoms with Gasteiger partial charge in [0, 0.05) is 6.07 Å². The molecule has 0 unspecified atom stereocenters. The summed E-state index contributed by atoms with van der Waals surface area (Å²) in [6.07, 6.45) is -9.52. The quantitative estimate of drug-likeness (QED) is 0.496. The second-order valence-corrected chi connectivity index (χ2v) is 7.19. The minimum absolute atomic E-state index is 0.309. The Morgan fingerprint density at radius 2 is 1.48 bits per heavy atom. The number of rotatable bonds is 7. The molecule has 160 valence electrons. The van der Waals surface area contributed by atoms with Crippen LogP contribution in [0.25, 0.3) is 0 Å². The van der Waals surface area contributed by atoms with Crippen LogP contribution in [0.1, 0.15) is 0 Å². The highest BCUT2D eigenvalue weighted by Gasteiger charge is 2.31. The molecule has 0 bridgehead atoms. The van der Waals surface area contributed by atoms with Gasteiger partial charge in [-0.3, -0.25) is 4.72 Å². The molecule has 0 fully saturated rings. The summed E-state index contributed by atoms with van der Waals surface area (Å²) in [6, 6.07) is 7.19. The molecule has 0 spiro atoms. The highest BCUT2D eigenvalue weighted by molar-refractivity contribution is 7.92. The summed E-state index contributed by atoms with van der Waals surface area (Å²) in [6.45, 7) is -3.59. The molecule has 2 N–H and O–H groups in total. The Morgan fingerprint density at radius 3 is 2.07 bits per heavy atom. The maximum Gasteiger partial charge on any atom is 0.422 e. The summed E-state index contributed by atoms with van der Waals surface area (Å²) in [5.41, 5.74) is -0.309. The number of phenols is 1. The lowest BCUT2D eigenvalue weighted by Gasteiger charge is -2.16. The number of anilines is 1. The van der Waals surface area contributed by atoms with Gasteiger partial charge in [0.25, 0.3) is 10.0 Å². The van der Waals surface area contributed by atoms with E-state index < -0.39 is 57.7 Å². The molecule has 0 saturated heterocycles. The minimum Gasteiger partial charge on any atom is -0.506 e. The van der Waals surface area contributed by atoms with Crippen LogP contribution in [0.15, 0.2) is 47.4 Å². The molecule has 2 aromatic rings. The van der Waals surface area contributed by atoms with Gasteiger partial charge in [0.15, 0.2) is 13.2 Å². The molecule has 0 aromatic heterocycles. The Kier molecular flexibility index (Phi) is 6.40. The molecule has 0 aliphatic heterocycles. The first kappa shape index (κ1) is 22.5. The zero-order valence-corrected chi connectivity index (χ0v) is 15.0. The summed E-state index contributed by atoms with van der Waals surface area (Å²) >= 11 is 0. The van der Waals surface area contributed by atoms with Gasteiger partial charge in [0.2, 0.25) is 0 Å². The van der Waals surface area contributed by atoms with Gasteiger partial charge >= 0.3 is 12.4 Å². The Labute approximate surface area is 160 Å². The predicted molar refractivity (Wildman–Crippen MR) is 88.5 cm³/mol. The second kappa shape index (κ2) is 8.27. The fourth-order valence-electron chi connectivity index (χ4n) is 1.99. The van der Waals surface area contributed by atoms with Crippen LogP contribution in [0.2, 0.25) is 0 Å². The molecule has 0 aliphatic rings. The molecule has 0 radical (unpaired) electrons. The highest BCUT2D eigenvalue weighted by atomic mass is 32.2. The van der Waals surface area contributed by atoms with E-state index in [1.165, 1.54) is 12.1 Å². The minimum atomic E-state index is -4.79. The van der Waals surface area contributed by atoms with Crippen molar-refractivity contribution in [1.29, 1.82) is 0 Å². The van der Waals surface area contributed by atoms with Crippen molar-refractivity contribution in [1.82, 2.24) is 0 Å². The van der Waals surface area contributed by atoms with Crippen molar-refractivity contribution in [2.45, 2.75) is 17.2 Å². The maximum absolute atomic E-state index is 12.6. The molecule has 0 aliphatic carbocycles. The molecule has 0 heterocycles. The van der Waals surface area contributed by atoms with E-state index >= 15 is 0 Å². The van der Waals surface area contributed by atoms with Crippen LogP contribution >= 0.6 is 0 Å². The monoisotopic (exact) mass is 445 g/mol. The van der Waals surface area contributed by atoms with Crippen LogP contribution in [0.5, 0.6) is 17.2 Å². The van der Waals surface area contributed by atoms with Crippen molar-refractivity contribution in [3.05, 3.63) is 42.5 Å². The average molecular weight is 445 g/mol. The van der Waals surface area contributed by atoms with E-state index in [1.54, 1.807) is 0 Å². The number of ether oxygens (including phenoxy) is 2. The first-order valence-electron chi connectivity index (χ1n) is 7.61. The first-order valence-corrected chi connectivity index (χ1v) is 9.09. The van der Waals surface area contributed by atoms with Crippen molar-refractivity contribution in [2.75, 3.05) is 17.9 Å². The van der Waals surface area contributed by atoms with Crippen LogP contribution in [-0.4, -0.2) is 39.1 Å². The largest absolute Gasteiger partial charge is 0.506 e. The van der Waals surface area contributed by atoms with Crippen LogP contribution in [-0.2, 0) is 10.0 Å². The van der Waals surface area contributed by atoms with Crippen LogP contribution in [0.3, 0.4) is 0 Å². The number of alkyl halides is 6. The van der Waals surface area contributed by atoms with E-state index in [-0.39, 0.29) is 5.69 Å². The third-order valence-corrected chi connectivity index (χ3v) is 4.53. The summed E-state index contributed by atoms with van der Waals surface area (Å²) in [5.74, 6) is -1.83. The van der Waals surface area contributed by atoms with Crippen LogP contribution in [0, 0.1) is 0 Å². The molecule has 0 saturated carbocycles. The summed E-state index contributed by atoms with van der Waals surface area (Å²) in [5, 5.41) is 9.67. The molecule has 29 heavy (non-hydrogen) atoms. The van der Waals surface area contributed by atoms with E-state index in [0.717, 1.165) is 24.3 Å². The van der Waals surface area contributed by atoms with Crippen molar-refractivity contribution in [3.8, 4) is 17.2 Å². The maximum atomic E-state index is 12.6. The molecular weight excluding hydrogens is 432 g/mol. The zero-order valence-electron chi connectivity index (χ0n) is 14.2. The number of hydrogen-bond acceptors (Lipinski definition) is 5. The fourth-order valence-corrected chi connectivity index (χ4v) is 3.23. The van der Waals surface area contributed by atoms with E-state index in [4.69, 9.17) is 0 Å². The van der Waals surface area contributed by atoms with Crippen molar-refractivity contribution in [2.24, 2.45) is 0 Å². The van der Waals surface area contributed by atoms with E-state index in [2.05, 4.69) is 9.47 Å². The Hall–Kier alpha value is -2.83. The smallest absolute Gasteiger partial charge is 0.422 e. The van der Waals surface area contributed by atoms with Gasteiger partial charge in [-0.15, -0.1) is 0 Å². The Balaban J connectivity index is 2.41. The van der Waals surface area contributed by atoms with Crippen LogP contribution in [0.4, 0.5) is 32.0 Å². The number of phenolic OH excluding ortho intramolecular Hbond substituents is 1. The van der Waals surface area contributed by atoms with Gasteiger partial charge in [-0.1, -0.05) is 12.1 Å². The van der Waals surface area contributed by atoms with Gasteiger partial charge in [0.1, 0.15) is 22.1 Å². The second-order valence-electron chi connectivity index (χ2n) is 5.54. The molecular formula is C16H13F6NO5S. The molecule has 2 aromatic carbocycles. The van der Waals surface area contributed by atoms with Gasteiger partial charge in [-0.25, -0.2) is 8.42 Å². The molecule has 13 heteroatoms. The average Bonchev–Trinajstić information content (AvgIpc) is 2.59. The lowest BCUT2D eigenvalue weighted by atomic mass is 10.3. The first-order chi connectivity index (χ1) is 13.3. The lowest BCUT2D eigenvalue weighted by molar-refractivity contribution is -0.154. The van der Waals surface area contributed by atoms with E-state index in [1.807, 2.05) is 4.72 Å². The number of nitrogens with one attached hydrogen (secondary N) is 1. The predicted octanol–water partition coefficient (Wildman–Crippen LogP) is 4.08. The number of halogens is 6. The van der Waals surface area contributed by atoms with Crippen LogP contribution < -0.4 is 14.2 Å². The topological polar surface area (TPSA) is 84.9 Å². The third kappa shape index (κ3) is 6.93. The lowest BCUT2D eigenvalue weighted by Crippen LogP contribution is -2.22. The van der Waals surface area contributed by atoms with E-state index in [9.17, 15) is 39.9 Å². The zero-order chi connectivity index (χ0) is 21.9. The number of hydrogen-bond donors (Lipinski definition) is 2. The number of sulfonamides is 1. The van der Waals surface area contributed by atoms with Gasteiger partial charge in [-0.05, 0) is 24.3 Å². The van der Waals surface area contributed by atoms with Crippen molar-refractivity contribution >= 4 is 15.7 Å². The van der Waals surface area contributed by atoms with Gasteiger partial charge in [0.05, 0.1) is 5.69 Å². The van der Waals surface area contributed by atoms with Crippen molar-refractivity contribution < 1.29 is 49.3 Å². The van der Waals surface area contributed by atoms with Gasteiger partial charge in [-0.2, -0.15) is 26.3 Å². The van der Waals surface area contributed by atoms with E-state index in [0.29, 0.717) is 6.07 Å². The molecule has 6 nitrogen and oxygen atoms in total. The Bertz CT molecular complexity index is 959.